The van der Waals surface area contributed by atoms with Gasteiger partial charge in [0.1, 0.15) is 5.82 Å². The molecule has 3 rings (SSSR count). The van der Waals surface area contributed by atoms with Crippen molar-refractivity contribution in [1.29, 1.82) is 0 Å². The van der Waals surface area contributed by atoms with Gasteiger partial charge in [-0.1, -0.05) is 12.1 Å². The predicted octanol–water partition coefficient (Wildman–Crippen LogP) is 3.19. The van der Waals surface area contributed by atoms with Crippen molar-refractivity contribution in [2.24, 2.45) is 0 Å². The van der Waals surface area contributed by atoms with E-state index in [1.807, 2.05) is 0 Å². The van der Waals surface area contributed by atoms with Crippen LogP contribution in [0.5, 0.6) is 0 Å². The Kier molecular flexibility index (Phi) is 6.19. The molecular formula is C20H18F4N2O4S. The number of ketones is 1. The highest BCUT2D eigenvalue weighted by Gasteiger charge is 2.36. The molecular weight excluding hydrogens is 440 g/mol. The molecule has 0 atom stereocenters. The van der Waals surface area contributed by atoms with Crippen molar-refractivity contribution in [3.05, 3.63) is 65.0 Å². The minimum absolute atomic E-state index is 0.00868. The number of rotatable bonds is 4. The smallest absolute Gasteiger partial charge is 0.336 e. The molecule has 0 saturated carbocycles. The zero-order valence-corrected chi connectivity index (χ0v) is 17.1. The third-order valence-electron chi connectivity index (χ3n) is 4.94. The lowest BCUT2D eigenvalue weighted by molar-refractivity contribution is -0.140. The fraction of sp³-hybridized carbons (Fsp3) is 0.300. The zero-order chi connectivity index (χ0) is 23.0. The van der Waals surface area contributed by atoms with Gasteiger partial charge in [0, 0.05) is 37.3 Å². The van der Waals surface area contributed by atoms with E-state index in [1.54, 1.807) is 0 Å². The lowest BCUT2D eigenvalue weighted by Gasteiger charge is -2.34. The number of alkyl halides is 3. The molecule has 6 nitrogen and oxygen atoms in total. The minimum atomic E-state index is -4.94. The van der Waals surface area contributed by atoms with Gasteiger partial charge in [0.25, 0.3) is 5.91 Å². The van der Waals surface area contributed by atoms with Gasteiger partial charge in [-0.3, -0.25) is 9.59 Å². The molecule has 1 aliphatic heterocycles. The Morgan fingerprint density at radius 3 is 1.97 bits per heavy atom. The number of Topliss-reactive ketones (excluding diaryl/α,β-unsaturated/α-hetero) is 1. The van der Waals surface area contributed by atoms with Crippen molar-refractivity contribution >= 4 is 21.7 Å². The molecule has 0 N–H and O–H groups in total. The molecule has 0 spiro atoms. The lowest BCUT2D eigenvalue weighted by atomic mass is 10.1. The minimum Gasteiger partial charge on any atom is -0.336 e. The van der Waals surface area contributed by atoms with Gasteiger partial charge >= 0.3 is 6.18 Å². The van der Waals surface area contributed by atoms with Crippen LogP contribution in [0.15, 0.2) is 47.4 Å². The highest BCUT2D eigenvalue weighted by Crippen LogP contribution is 2.32. The molecule has 1 fully saturated rings. The van der Waals surface area contributed by atoms with Gasteiger partial charge in [0.15, 0.2) is 5.78 Å². The van der Waals surface area contributed by atoms with Crippen molar-refractivity contribution < 1.29 is 35.6 Å². The highest BCUT2D eigenvalue weighted by atomic mass is 32.2. The second-order valence-electron chi connectivity index (χ2n) is 6.97. The van der Waals surface area contributed by atoms with Crippen LogP contribution in [0.4, 0.5) is 17.6 Å². The number of carbonyl (C=O) groups excluding carboxylic acids is 2. The van der Waals surface area contributed by atoms with E-state index in [0.29, 0.717) is 17.7 Å². The molecule has 11 heteroatoms. The molecule has 2 aromatic rings. The molecule has 1 aliphatic rings. The first-order valence-electron chi connectivity index (χ1n) is 9.18. The summed E-state index contributed by atoms with van der Waals surface area (Å²) in [6.45, 7) is 1.16. The standard InChI is InChI=1S/C20H18F4N2O4S/c1-13(27)14-2-5-16(6-3-14)31(29,30)26-10-8-25(9-11-26)19(28)15-4-7-18(21)17(12-15)20(22,23)24/h2-7,12H,8-11H2,1H3. The first kappa shape index (κ1) is 22.9. The van der Waals surface area contributed by atoms with E-state index in [1.165, 1.54) is 36.1 Å². The number of nitrogens with zero attached hydrogens (tertiary/aromatic N) is 2. The fourth-order valence-electron chi connectivity index (χ4n) is 3.20. The van der Waals surface area contributed by atoms with Gasteiger partial charge in [0.2, 0.25) is 10.0 Å². The van der Waals surface area contributed by atoms with E-state index in [2.05, 4.69) is 0 Å². The summed E-state index contributed by atoms with van der Waals surface area (Å²) in [4.78, 5) is 25.1. The SMILES string of the molecule is CC(=O)c1ccc(S(=O)(=O)N2CCN(C(=O)c3ccc(F)c(C(F)(F)F)c3)CC2)cc1. The maximum Gasteiger partial charge on any atom is 0.419 e. The van der Waals surface area contributed by atoms with Gasteiger partial charge < -0.3 is 4.90 Å². The van der Waals surface area contributed by atoms with E-state index in [-0.39, 0.29) is 42.4 Å². The topological polar surface area (TPSA) is 74.8 Å². The van der Waals surface area contributed by atoms with Crippen molar-refractivity contribution in [3.8, 4) is 0 Å². The van der Waals surface area contributed by atoms with Crippen LogP contribution in [-0.4, -0.2) is 55.5 Å². The van der Waals surface area contributed by atoms with Crippen LogP contribution >= 0.6 is 0 Å². The maximum absolute atomic E-state index is 13.4. The van der Waals surface area contributed by atoms with Crippen molar-refractivity contribution in [2.45, 2.75) is 18.0 Å². The first-order valence-corrected chi connectivity index (χ1v) is 10.6. The number of piperazine rings is 1. The van der Waals surface area contributed by atoms with Gasteiger partial charge in [-0.25, -0.2) is 12.8 Å². The third-order valence-corrected chi connectivity index (χ3v) is 6.86. The first-order chi connectivity index (χ1) is 14.4. The number of amides is 1. The molecule has 0 unspecified atom stereocenters. The van der Waals surface area contributed by atoms with E-state index in [0.717, 1.165) is 10.4 Å². The van der Waals surface area contributed by atoms with Crippen LogP contribution in [0, 0.1) is 5.82 Å². The predicted molar refractivity (Wildman–Crippen MR) is 103 cm³/mol. The summed E-state index contributed by atoms with van der Waals surface area (Å²) in [6.07, 6.45) is -4.94. The van der Waals surface area contributed by atoms with E-state index < -0.39 is 33.5 Å². The Bertz CT molecular complexity index is 1110. The van der Waals surface area contributed by atoms with Crippen molar-refractivity contribution in [2.75, 3.05) is 26.2 Å². The Morgan fingerprint density at radius 1 is 0.903 bits per heavy atom. The van der Waals surface area contributed by atoms with Gasteiger partial charge in [-0.05, 0) is 37.3 Å². The normalized spacial score (nSPS) is 15.7. The maximum atomic E-state index is 13.4. The van der Waals surface area contributed by atoms with Crippen LogP contribution < -0.4 is 0 Å². The van der Waals surface area contributed by atoms with Gasteiger partial charge in [0.05, 0.1) is 10.5 Å². The third kappa shape index (κ3) is 4.77. The molecule has 0 radical (unpaired) electrons. The summed E-state index contributed by atoms with van der Waals surface area (Å²) < 4.78 is 78.8. The summed E-state index contributed by atoms with van der Waals surface area (Å²) in [5.74, 6) is -2.42. The van der Waals surface area contributed by atoms with Crippen LogP contribution in [0.3, 0.4) is 0 Å². The van der Waals surface area contributed by atoms with E-state index in [4.69, 9.17) is 0 Å². The van der Waals surface area contributed by atoms with Crippen LogP contribution in [0.1, 0.15) is 33.2 Å². The van der Waals surface area contributed by atoms with Crippen LogP contribution in [-0.2, 0) is 16.2 Å². The number of hydrogen-bond donors (Lipinski definition) is 0. The quantitative estimate of drug-likeness (QED) is 0.521. The second kappa shape index (κ2) is 8.39. The molecule has 166 valence electrons. The van der Waals surface area contributed by atoms with Gasteiger partial charge in [-0.2, -0.15) is 17.5 Å². The van der Waals surface area contributed by atoms with E-state index >= 15 is 0 Å². The number of sulfonamides is 1. The average molecular weight is 458 g/mol. The zero-order valence-electron chi connectivity index (χ0n) is 16.3. The van der Waals surface area contributed by atoms with Gasteiger partial charge in [-0.15, -0.1) is 0 Å². The summed E-state index contributed by atoms with van der Waals surface area (Å²) in [7, 11) is -3.86. The molecule has 31 heavy (non-hydrogen) atoms. The summed E-state index contributed by atoms with van der Waals surface area (Å²) >= 11 is 0. The largest absolute Gasteiger partial charge is 0.419 e. The molecule has 1 amide bonds. The lowest BCUT2D eigenvalue weighted by Crippen LogP contribution is -2.50. The van der Waals surface area contributed by atoms with Crippen molar-refractivity contribution in [1.82, 2.24) is 9.21 Å². The monoisotopic (exact) mass is 458 g/mol. The molecule has 1 saturated heterocycles. The Morgan fingerprint density at radius 2 is 1.45 bits per heavy atom. The van der Waals surface area contributed by atoms with E-state index in [9.17, 15) is 35.6 Å². The Labute approximate surface area is 176 Å². The fourth-order valence-corrected chi connectivity index (χ4v) is 4.62. The molecule has 0 aliphatic carbocycles. The van der Waals surface area contributed by atoms with Crippen molar-refractivity contribution in [3.63, 3.8) is 0 Å². The summed E-state index contributed by atoms with van der Waals surface area (Å²) in [5, 5.41) is 0. The Hall–Kier alpha value is -2.79. The molecule has 0 aromatic heterocycles. The van der Waals surface area contributed by atoms with Crippen LogP contribution in [0.2, 0.25) is 0 Å². The molecule has 0 bridgehead atoms. The highest BCUT2D eigenvalue weighted by molar-refractivity contribution is 7.89. The number of halogens is 4. The number of benzene rings is 2. The summed E-state index contributed by atoms with van der Waals surface area (Å²) in [5.41, 5.74) is -1.50. The summed E-state index contributed by atoms with van der Waals surface area (Å²) in [6, 6.07) is 7.45. The second-order valence-corrected chi connectivity index (χ2v) is 8.91. The Balaban J connectivity index is 1.72. The molecule has 2 aromatic carbocycles. The van der Waals surface area contributed by atoms with Crippen LogP contribution in [0.25, 0.3) is 0 Å². The average Bonchev–Trinajstić information content (AvgIpc) is 2.73. The number of carbonyl (C=O) groups is 2. The number of hydrogen-bond acceptors (Lipinski definition) is 4. The molecule has 1 heterocycles.